The molecule has 1 unspecified atom stereocenters. The standard InChI is InChI=1S/C12H14F6N2O/c13-8-1-7(2-9(14)4-8)3-10(20-19)5-21-6-12(17,18)11(15)16/h1-2,4,10-11,20H,3,5-6,19H2. The van der Waals surface area contributed by atoms with Crippen LogP contribution in [0.5, 0.6) is 0 Å². The number of alkyl halides is 4. The minimum absolute atomic E-state index is 0.0224. The molecule has 0 aromatic heterocycles. The summed E-state index contributed by atoms with van der Waals surface area (Å²) in [5.41, 5.74) is 2.42. The SMILES string of the molecule is NNC(COCC(F)(F)C(F)F)Cc1cc(F)cc(F)c1. The Morgan fingerprint density at radius 3 is 2.19 bits per heavy atom. The third-order valence-electron chi connectivity index (χ3n) is 2.57. The molecule has 0 bridgehead atoms. The predicted molar refractivity (Wildman–Crippen MR) is 62.9 cm³/mol. The van der Waals surface area contributed by atoms with Gasteiger partial charge in [0.15, 0.2) is 0 Å². The first kappa shape index (κ1) is 17.7. The smallest absolute Gasteiger partial charge is 0.330 e. The number of rotatable bonds is 8. The highest BCUT2D eigenvalue weighted by Crippen LogP contribution is 2.23. The largest absolute Gasteiger partial charge is 0.373 e. The maximum absolute atomic E-state index is 13.0. The van der Waals surface area contributed by atoms with Gasteiger partial charge < -0.3 is 4.74 Å². The van der Waals surface area contributed by atoms with Gasteiger partial charge in [0, 0.05) is 12.1 Å². The van der Waals surface area contributed by atoms with Gasteiger partial charge in [0.2, 0.25) is 0 Å². The van der Waals surface area contributed by atoms with Crippen molar-refractivity contribution in [1.82, 2.24) is 5.43 Å². The summed E-state index contributed by atoms with van der Waals surface area (Å²) >= 11 is 0. The van der Waals surface area contributed by atoms with Crippen molar-refractivity contribution in [1.29, 1.82) is 0 Å². The van der Waals surface area contributed by atoms with Crippen molar-refractivity contribution in [2.75, 3.05) is 13.2 Å². The molecule has 1 atom stereocenters. The van der Waals surface area contributed by atoms with Gasteiger partial charge in [0.05, 0.1) is 6.61 Å². The molecule has 120 valence electrons. The fourth-order valence-corrected chi connectivity index (χ4v) is 1.58. The Morgan fingerprint density at radius 2 is 1.71 bits per heavy atom. The Labute approximate surface area is 117 Å². The molecule has 0 aliphatic carbocycles. The van der Waals surface area contributed by atoms with Crippen LogP contribution >= 0.6 is 0 Å². The van der Waals surface area contributed by atoms with Crippen LogP contribution in [0.4, 0.5) is 26.3 Å². The fraction of sp³-hybridized carbons (Fsp3) is 0.500. The van der Waals surface area contributed by atoms with E-state index in [1.165, 1.54) is 0 Å². The van der Waals surface area contributed by atoms with Gasteiger partial charge in [-0.05, 0) is 24.1 Å². The number of hydrogen-bond acceptors (Lipinski definition) is 3. The Bertz CT molecular complexity index is 437. The van der Waals surface area contributed by atoms with E-state index >= 15 is 0 Å². The molecule has 1 aromatic rings. The third kappa shape index (κ3) is 5.90. The molecule has 1 rings (SSSR count). The summed E-state index contributed by atoms with van der Waals surface area (Å²) in [6.45, 7) is -1.89. The molecule has 21 heavy (non-hydrogen) atoms. The normalized spacial score (nSPS) is 13.7. The number of hydrogen-bond donors (Lipinski definition) is 2. The second kappa shape index (κ2) is 7.62. The van der Waals surface area contributed by atoms with E-state index in [4.69, 9.17) is 5.84 Å². The van der Waals surface area contributed by atoms with Crippen LogP contribution in [0.3, 0.4) is 0 Å². The summed E-state index contributed by atoms with van der Waals surface area (Å²) < 4.78 is 79.5. The first-order valence-electron chi connectivity index (χ1n) is 5.89. The fourth-order valence-electron chi connectivity index (χ4n) is 1.58. The topological polar surface area (TPSA) is 47.3 Å². The molecule has 0 aliphatic rings. The molecule has 3 nitrogen and oxygen atoms in total. The van der Waals surface area contributed by atoms with Crippen LogP contribution < -0.4 is 11.3 Å². The molecule has 0 spiro atoms. The van der Waals surface area contributed by atoms with Crippen molar-refractivity contribution >= 4 is 0 Å². The van der Waals surface area contributed by atoms with Crippen LogP contribution in [-0.4, -0.2) is 31.6 Å². The van der Waals surface area contributed by atoms with Crippen LogP contribution in [0.25, 0.3) is 0 Å². The molecule has 0 saturated carbocycles. The molecule has 1 aromatic carbocycles. The van der Waals surface area contributed by atoms with E-state index in [1.54, 1.807) is 0 Å². The van der Waals surface area contributed by atoms with Crippen LogP contribution in [0.1, 0.15) is 5.56 Å². The van der Waals surface area contributed by atoms with Crippen LogP contribution in [0.15, 0.2) is 18.2 Å². The average molecular weight is 316 g/mol. The van der Waals surface area contributed by atoms with Crippen LogP contribution in [0.2, 0.25) is 0 Å². The quantitative estimate of drug-likeness (QED) is 0.439. The van der Waals surface area contributed by atoms with Crippen molar-refractivity contribution in [2.24, 2.45) is 5.84 Å². The molecule has 0 fully saturated rings. The summed E-state index contributed by atoms with van der Waals surface area (Å²) in [4.78, 5) is 0. The number of nitrogens with two attached hydrogens (primary N) is 1. The maximum atomic E-state index is 13.0. The van der Waals surface area contributed by atoms with Crippen LogP contribution in [0, 0.1) is 11.6 Å². The number of ether oxygens (including phenoxy) is 1. The number of benzene rings is 1. The molecular formula is C12H14F6N2O. The second-order valence-electron chi connectivity index (χ2n) is 4.42. The highest BCUT2D eigenvalue weighted by atomic mass is 19.3. The van der Waals surface area contributed by atoms with E-state index in [2.05, 4.69) is 10.2 Å². The zero-order valence-electron chi connectivity index (χ0n) is 10.8. The predicted octanol–water partition coefficient (Wildman–Crippen LogP) is 2.26. The van der Waals surface area contributed by atoms with Crippen molar-refractivity contribution in [3.8, 4) is 0 Å². The Morgan fingerprint density at radius 1 is 1.14 bits per heavy atom. The maximum Gasteiger partial charge on any atom is 0.330 e. The van der Waals surface area contributed by atoms with Gasteiger partial charge in [-0.1, -0.05) is 0 Å². The molecule has 0 aliphatic heterocycles. The molecule has 3 N–H and O–H groups in total. The highest BCUT2D eigenvalue weighted by molar-refractivity contribution is 5.18. The summed E-state index contributed by atoms with van der Waals surface area (Å²) in [7, 11) is 0. The minimum atomic E-state index is -4.26. The lowest BCUT2D eigenvalue weighted by Gasteiger charge is -2.19. The van der Waals surface area contributed by atoms with Crippen LogP contribution in [-0.2, 0) is 11.2 Å². The summed E-state index contributed by atoms with van der Waals surface area (Å²) in [6.07, 6.45) is -3.86. The lowest BCUT2D eigenvalue weighted by atomic mass is 10.1. The van der Waals surface area contributed by atoms with E-state index in [1.807, 2.05) is 0 Å². The summed E-state index contributed by atoms with van der Waals surface area (Å²) in [5.74, 6) is -0.707. The Balaban J connectivity index is 2.52. The van der Waals surface area contributed by atoms with Gasteiger partial charge >= 0.3 is 12.3 Å². The molecule has 0 saturated heterocycles. The lowest BCUT2D eigenvalue weighted by Crippen LogP contribution is -2.42. The molecule has 0 heterocycles. The van der Waals surface area contributed by atoms with E-state index in [0.717, 1.165) is 12.1 Å². The molecule has 9 heteroatoms. The lowest BCUT2D eigenvalue weighted by molar-refractivity contribution is -0.167. The zero-order chi connectivity index (χ0) is 16.0. The number of hydrazine groups is 1. The number of halogens is 6. The van der Waals surface area contributed by atoms with Crippen molar-refractivity contribution < 1.29 is 31.1 Å². The third-order valence-corrected chi connectivity index (χ3v) is 2.57. The van der Waals surface area contributed by atoms with E-state index in [0.29, 0.717) is 6.07 Å². The molecule has 0 radical (unpaired) electrons. The first-order chi connectivity index (χ1) is 9.74. The Kier molecular flexibility index (Phi) is 6.43. The second-order valence-corrected chi connectivity index (χ2v) is 4.42. The summed E-state index contributed by atoms with van der Waals surface area (Å²) in [5, 5.41) is 0. The van der Waals surface area contributed by atoms with Gasteiger partial charge in [-0.25, -0.2) is 17.6 Å². The van der Waals surface area contributed by atoms with Gasteiger partial charge in [-0.2, -0.15) is 8.78 Å². The zero-order valence-corrected chi connectivity index (χ0v) is 10.8. The van der Waals surface area contributed by atoms with E-state index in [-0.39, 0.29) is 12.0 Å². The molecular weight excluding hydrogens is 302 g/mol. The van der Waals surface area contributed by atoms with E-state index in [9.17, 15) is 26.3 Å². The van der Waals surface area contributed by atoms with Gasteiger partial charge in [0.25, 0.3) is 0 Å². The van der Waals surface area contributed by atoms with Gasteiger partial charge in [-0.3, -0.25) is 11.3 Å². The van der Waals surface area contributed by atoms with Crippen molar-refractivity contribution in [3.63, 3.8) is 0 Å². The Hall–Kier alpha value is -1.32. The van der Waals surface area contributed by atoms with Crippen molar-refractivity contribution in [2.45, 2.75) is 24.8 Å². The van der Waals surface area contributed by atoms with Gasteiger partial charge in [0.1, 0.15) is 18.2 Å². The van der Waals surface area contributed by atoms with E-state index < -0.39 is 43.2 Å². The average Bonchev–Trinajstić information content (AvgIpc) is 2.35. The van der Waals surface area contributed by atoms with Gasteiger partial charge in [-0.15, -0.1) is 0 Å². The highest BCUT2D eigenvalue weighted by Gasteiger charge is 2.41. The first-order valence-corrected chi connectivity index (χ1v) is 5.89. The minimum Gasteiger partial charge on any atom is -0.373 e. The summed E-state index contributed by atoms with van der Waals surface area (Å²) in [6, 6.07) is 2.00. The van der Waals surface area contributed by atoms with Crippen molar-refractivity contribution in [3.05, 3.63) is 35.4 Å². The molecule has 0 amide bonds. The number of nitrogens with one attached hydrogen (secondary N) is 1. The monoisotopic (exact) mass is 316 g/mol.